The number of imidazole rings is 1. The Labute approximate surface area is 173 Å². The minimum Gasteiger partial charge on any atom is -0.463 e. The van der Waals surface area contributed by atoms with E-state index in [-0.39, 0.29) is 29.5 Å². The number of aromatic amines is 1. The molecule has 0 saturated heterocycles. The summed E-state index contributed by atoms with van der Waals surface area (Å²) in [5, 5.41) is 3.26. The zero-order valence-electron chi connectivity index (χ0n) is 16.4. The molecule has 0 aliphatic carbocycles. The van der Waals surface area contributed by atoms with Crippen molar-refractivity contribution >= 4 is 23.5 Å². The van der Waals surface area contributed by atoms with Crippen molar-refractivity contribution in [3.8, 4) is 0 Å². The topological polar surface area (TPSA) is 93.3 Å². The fraction of sp³-hybridized carbons (Fsp3) is 0.286. The number of allylic oxidation sites excluding steroid dienone is 2. The lowest BCUT2D eigenvalue weighted by Gasteiger charge is -2.29. The van der Waals surface area contributed by atoms with Crippen LogP contribution in [-0.2, 0) is 25.7 Å². The Kier molecular flexibility index (Phi) is 6.39. The van der Waals surface area contributed by atoms with Gasteiger partial charge in [0.2, 0.25) is 0 Å². The minimum absolute atomic E-state index is 0.108. The van der Waals surface area contributed by atoms with Crippen LogP contribution in [0.25, 0.3) is 0 Å². The molecule has 0 spiro atoms. The lowest BCUT2D eigenvalue weighted by atomic mass is 9.83. The van der Waals surface area contributed by atoms with Gasteiger partial charge in [-0.3, -0.25) is 0 Å². The summed E-state index contributed by atoms with van der Waals surface area (Å²) in [6.45, 7) is 5.53. The largest absolute Gasteiger partial charge is 0.463 e. The molecule has 0 fully saturated rings. The van der Waals surface area contributed by atoms with Crippen LogP contribution in [0.3, 0.4) is 0 Å². The van der Waals surface area contributed by atoms with Crippen molar-refractivity contribution in [3.05, 3.63) is 75.6 Å². The lowest BCUT2D eigenvalue weighted by Crippen LogP contribution is -2.32. The number of H-pyrrole nitrogens is 1. The zero-order chi connectivity index (χ0) is 21.0. The van der Waals surface area contributed by atoms with Gasteiger partial charge in [0.25, 0.3) is 0 Å². The molecule has 2 aromatic rings. The van der Waals surface area contributed by atoms with Gasteiger partial charge in [0.05, 0.1) is 35.7 Å². The van der Waals surface area contributed by atoms with Gasteiger partial charge in [-0.25, -0.2) is 14.6 Å². The summed E-state index contributed by atoms with van der Waals surface area (Å²) in [5.74, 6) is -1.87. The average molecular weight is 416 g/mol. The number of dihydropyridines is 1. The smallest absolute Gasteiger partial charge is 0.337 e. The fourth-order valence-electron chi connectivity index (χ4n) is 3.32. The van der Waals surface area contributed by atoms with Gasteiger partial charge in [0, 0.05) is 11.4 Å². The highest BCUT2D eigenvalue weighted by molar-refractivity contribution is 6.30. The van der Waals surface area contributed by atoms with Crippen molar-refractivity contribution in [2.75, 3.05) is 6.61 Å². The van der Waals surface area contributed by atoms with Gasteiger partial charge in [0.1, 0.15) is 6.61 Å². The van der Waals surface area contributed by atoms with Gasteiger partial charge < -0.3 is 19.8 Å². The second-order valence-corrected chi connectivity index (χ2v) is 6.88. The first kappa shape index (κ1) is 20.7. The third-order valence-corrected chi connectivity index (χ3v) is 4.90. The molecule has 0 amide bonds. The van der Waals surface area contributed by atoms with Crippen molar-refractivity contribution in [1.82, 2.24) is 15.3 Å². The summed E-state index contributed by atoms with van der Waals surface area (Å²) >= 11 is 6.25. The fourth-order valence-corrected chi connectivity index (χ4v) is 3.54. The second-order valence-electron chi connectivity index (χ2n) is 6.52. The van der Waals surface area contributed by atoms with Gasteiger partial charge in [-0.15, -0.1) is 0 Å². The van der Waals surface area contributed by atoms with Crippen LogP contribution in [0.2, 0.25) is 5.15 Å². The second kappa shape index (κ2) is 8.96. The van der Waals surface area contributed by atoms with E-state index in [1.165, 1.54) is 6.33 Å². The molecule has 8 heteroatoms. The molecular formula is C21H22ClN3O4. The molecule has 3 rings (SSSR count). The number of rotatable bonds is 6. The number of nitrogens with one attached hydrogen (secondary N) is 2. The molecule has 1 atom stereocenters. The van der Waals surface area contributed by atoms with E-state index in [2.05, 4.69) is 15.3 Å². The number of benzene rings is 1. The minimum atomic E-state index is -0.784. The molecule has 152 valence electrons. The van der Waals surface area contributed by atoms with Crippen LogP contribution in [0.1, 0.15) is 37.9 Å². The van der Waals surface area contributed by atoms with Crippen LogP contribution in [0.15, 0.2) is 59.2 Å². The number of nitrogens with zero attached hydrogens (tertiary/aromatic N) is 1. The molecule has 1 aromatic heterocycles. The number of aromatic nitrogens is 2. The highest BCUT2D eigenvalue weighted by Gasteiger charge is 2.40. The van der Waals surface area contributed by atoms with Gasteiger partial charge in [-0.1, -0.05) is 41.9 Å². The van der Waals surface area contributed by atoms with Crippen LogP contribution in [0, 0.1) is 0 Å². The van der Waals surface area contributed by atoms with E-state index < -0.39 is 17.9 Å². The first-order valence-electron chi connectivity index (χ1n) is 9.19. The summed E-state index contributed by atoms with van der Waals surface area (Å²) in [6, 6.07) is 9.36. The van der Waals surface area contributed by atoms with E-state index in [4.69, 9.17) is 21.1 Å². The van der Waals surface area contributed by atoms with E-state index in [9.17, 15) is 9.59 Å². The Hall–Kier alpha value is -3.06. The Morgan fingerprint density at radius 1 is 1.07 bits per heavy atom. The van der Waals surface area contributed by atoms with Crippen molar-refractivity contribution in [2.24, 2.45) is 0 Å². The predicted molar refractivity (Wildman–Crippen MR) is 108 cm³/mol. The number of ether oxygens (including phenoxy) is 2. The third-order valence-electron chi connectivity index (χ3n) is 4.60. The summed E-state index contributed by atoms with van der Waals surface area (Å²) in [4.78, 5) is 32.7. The monoisotopic (exact) mass is 415 g/mol. The normalized spacial score (nSPS) is 16.5. The maximum atomic E-state index is 13.1. The lowest BCUT2D eigenvalue weighted by molar-refractivity contribution is -0.141. The summed E-state index contributed by atoms with van der Waals surface area (Å²) in [6.07, 6.45) is 1.42. The molecule has 7 nitrogen and oxygen atoms in total. The van der Waals surface area contributed by atoms with E-state index in [1.54, 1.807) is 20.8 Å². The summed E-state index contributed by atoms with van der Waals surface area (Å²) in [5.41, 5.74) is 3.01. The molecule has 1 aliphatic heterocycles. The van der Waals surface area contributed by atoms with E-state index in [1.807, 2.05) is 30.3 Å². The Morgan fingerprint density at radius 3 is 2.24 bits per heavy atom. The number of carbonyl (C=O) groups excluding carboxylic acids is 2. The highest BCUT2D eigenvalue weighted by Crippen LogP contribution is 2.40. The molecule has 1 aliphatic rings. The third kappa shape index (κ3) is 4.35. The highest BCUT2D eigenvalue weighted by atomic mass is 35.5. The van der Waals surface area contributed by atoms with E-state index in [0.717, 1.165) is 5.56 Å². The van der Waals surface area contributed by atoms with Crippen molar-refractivity contribution in [1.29, 1.82) is 0 Å². The van der Waals surface area contributed by atoms with Gasteiger partial charge in [-0.05, 0) is 26.3 Å². The molecule has 2 heterocycles. The molecule has 2 N–H and O–H groups in total. The summed E-state index contributed by atoms with van der Waals surface area (Å²) in [7, 11) is 0. The van der Waals surface area contributed by atoms with Crippen molar-refractivity contribution < 1.29 is 19.1 Å². The van der Waals surface area contributed by atoms with Crippen LogP contribution >= 0.6 is 11.6 Å². The molecule has 1 unspecified atom stereocenters. The predicted octanol–water partition coefficient (Wildman–Crippen LogP) is 3.60. The first-order valence-corrected chi connectivity index (χ1v) is 9.57. The number of halogens is 1. The Balaban J connectivity index is 1.98. The number of esters is 2. The molecule has 29 heavy (non-hydrogen) atoms. The van der Waals surface area contributed by atoms with Crippen LogP contribution in [-0.4, -0.2) is 28.5 Å². The van der Waals surface area contributed by atoms with E-state index >= 15 is 0 Å². The maximum Gasteiger partial charge on any atom is 0.337 e. The van der Waals surface area contributed by atoms with Crippen LogP contribution < -0.4 is 5.32 Å². The zero-order valence-corrected chi connectivity index (χ0v) is 17.2. The molecule has 0 bridgehead atoms. The number of hydrogen-bond donors (Lipinski definition) is 2. The van der Waals surface area contributed by atoms with Crippen molar-refractivity contribution in [2.45, 2.75) is 33.3 Å². The van der Waals surface area contributed by atoms with Crippen LogP contribution in [0.5, 0.6) is 0 Å². The van der Waals surface area contributed by atoms with Gasteiger partial charge in [-0.2, -0.15) is 0 Å². The average Bonchev–Trinajstić information content (AvgIpc) is 3.12. The van der Waals surface area contributed by atoms with E-state index in [0.29, 0.717) is 17.1 Å². The number of carbonyl (C=O) groups is 2. The number of hydrogen-bond acceptors (Lipinski definition) is 6. The quantitative estimate of drug-likeness (QED) is 0.700. The standard InChI is InChI=1S/C21H22ClN3O4/c1-4-28-20(26)15-12(2)25-13(3)16(17(15)18-19(22)24-11-23-18)21(27)29-10-14-8-6-5-7-9-14/h5-9,11,17,25H,4,10H2,1-3H3,(H,23,24). The Morgan fingerprint density at radius 2 is 1.69 bits per heavy atom. The molecule has 1 aromatic carbocycles. The maximum absolute atomic E-state index is 13.1. The molecular weight excluding hydrogens is 394 g/mol. The molecule has 0 saturated carbocycles. The van der Waals surface area contributed by atoms with Gasteiger partial charge in [0.15, 0.2) is 5.15 Å². The first-order chi connectivity index (χ1) is 13.9. The van der Waals surface area contributed by atoms with Crippen molar-refractivity contribution in [3.63, 3.8) is 0 Å². The van der Waals surface area contributed by atoms with Gasteiger partial charge >= 0.3 is 11.9 Å². The summed E-state index contributed by atoms with van der Waals surface area (Å²) < 4.78 is 10.8. The Bertz CT molecular complexity index is 979. The SMILES string of the molecule is CCOC(=O)C1=C(C)NC(C)=C(C(=O)OCc2ccccc2)C1c1[nH]cnc1Cl. The molecule has 0 radical (unpaired) electrons. The van der Waals surface area contributed by atoms with Crippen LogP contribution in [0.4, 0.5) is 0 Å².